The number of pyridine rings is 1. The number of carbonyl (C=O) groups is 1. The van der Waals surface area contributed by atoms with E-state index in [0.29, 0.717) is 5.82 Å². The van der Waals surface area contributed by atoms with Crippen LogP contribution in [0.5, 0.6) is 0 Å². The van der Waals surface area contributed by atoms with E-state index in [4.69, 9.17) is 5.11 Å². The SMILES string of the molecule is Cc1cccc(N(C)C(C)C(=O)O)n1. The summed E-state index contributed by atoms with van der Waals surface area (Å²) in [6.45, 7) is 3.51. The molecule has 0 spiro atoms. The molecule has 1 N–H and O–H groups in total. The van der Waals surface area contributed by atoms with Crippen molar-refractivity contribution in [1.29, 1.82) is 0 Å². The fraction of sp³-hybridized carbons (Fsp3) is 0.400. The lowest BCUT2D eigenvalue weighted by atomic mass is 10.3. The van der Waals surface area contributed by atoms with E-state index in [0.717, 1.165) is 5.69 Å². The minimum atomic E-state index is -0.851. The summed E-state index contributed by atoms with van der Waals surface area (Å²) in [6.07, 6.45) is 0. The number of likely N-dealkylation sites (N-methyl/N-ethyl adjacent to an activating group) is 1. The third-order valence-electron chi connectivity index (χ3n) is 2.17. The Hall–Kier alpha value is -1.58. The molecule has 0 aromatic carbocycles. The molecule has 4 heteroatoms. The first-order valence-corrected chi connectivity index (χ1v) is 4.41. The summed E-state index contributed by atoms with van der Waals surface area (Å²) in [5, 5.41) is 8.81. The zero-order valence-corrected chi connectivity index (χ0v) is 8.56. The van der Waals surface area contributed by atoms with Gasteiger partial charge in [-0.25, -0.2) is 9.78 Å². The molecule has 1 aromatic rings. The molecule has 1 unspecified atom stereocenters. The van der Waals surface area contributed by atoms with Gasteiger partial charge in [0.25, 0.3) is 0 Å². The molecule has 1 atom stereocenters. The zero-order valence-electron chi connectivity index (χ0n) is 8.56. The fourth-order valence-electron chi connectivity index (χ4n) is 1.09. The van der Waals surface area contributed by atoms with Gasteiger partial charge in [-0.3, -0.25) is 0 Å². The van der Waals surface area contributed by atoms with Crippen LogP contribution in [-0.4, -0.2) is 29.1 Å². The van der Waals surface area contributed by atoms with Crippen LogP contribution >= 0.6 is 0 Å². The van der Waals surface area contributed by atoms with E-state index in [-0.39, 0.29) is 0 Å². The molecule has 76 valence electrons. The Bertz CT molecular complexity index is 339. The summed E-state index contributed by atoms with van der Waals surface area (Å²) < 4.78 is 0. The van der Waals surface area contributed by atoms with Gasteiger partial charge in [-0.05, 0) is 26.0 Å². The number of aliphatic carboxylic acids is 1. The predicted molar refractivity (Wildman–Crippen MR) is 54.5 cm³/mol. The second-order valence-electron chi connectivity index (χ2n) is 3.26. The summed E-state index contributed by atoms with van der Waals surface area (Å²) in [5.74, 6) is -0.171. The van der Waals surface area contributed by atoms with Crippen molar-refractivity contribution < 1.29 is 9.90 Å². The van der Waals surface area contributed by atoms with Crippen molar-refractivity contribution in [1.82, 2.24) is 4.98 Å². The van der Waals surface area contributed by atoms with E-state index in [1.807, 2.05) is 19.1 Å². The van der Waals surface area contributed by atoms with E-state index < -0.39 is 12.0 Å². The summed E-state index contributed by atoms with van der Waals surface area (Å²) >= 11 is 0. The standard InChI is InChI=1S/C10H14N2O2/c1-7-5-4-6-9(11-7)12(3)8(2)10(13)14/h4-6,8H,1-3H3,(H,13,14). The van der Waals surface area contributed by atoms with E-state index >= 15 is 0 Å². The van der Waals surface area contributed by atoms with E-state index in [9.17, 15) is 4.79 Å². The summed E-state index contributed by atoms with van der Waals surface area (Å²) in [5.41, 5.74) is 0.881. The van der Waals surface area contributed by atoms with Gasteiger partial charge in [0.1, 0.15) is 11.9 Å². The number of aryl methyl sites for hydroxylation is 1. The molecule has 0 radical (unpaired) electrons. The van der Waals surface area contributed by atoms with Crippen molar-refractivity contribution in [3.05, 3.63) is 23.9 Å². The normalized spacial score (nSPS) is 12.2. The van der Waals surface area contributed by atoms with Gasteiger partial charge in [0.05, 0.1) is 0 Å². The molecule has 1 rings (SSSR count). The van der Waals surface area contributed by atoms with Gasteiger partial charge in [0, 0.05) is 12.7 Å². The average molecular weight is 194 g/mol. The smallest absolute Gasteiger partial charge is 0.326 e. The average Bonchev–Trinajstić information content (AvgIpc) is 2.15. The van der Waals surface area contributed by atoms with Crippen LogP contribution < -0.4 is 4.90 Å². The van der Waals surface area contributed by atoms with Crippen LogP contribution in [0, 0.1) is 6.92 Å². The van der Waals surface area contributed by atoms with Crippen molar-refractivity contribution in [3.63, 3.8) is 0 Å². The van der Waals surface area contributed by atoms with Crippen molar-refractivity contribution in [2.75, 3.05) is 11.9 Å². The maximum Gasteiger partial charge on any atom is 0.326 e. The molecule has 0 aliphatic rings. The lowest BCUT2D eigenvalue weighted by Gasteiger charge is -2.22. The Morgan fingerprint density at radius 2 is 2.21 bits per heavy atom. The van der Waals surface area contributed by atoms with Crippen LogP contribution in [0.4, 0.5) is 5.82 Å². The molecule has 0 saturated carbocycles. The molecular weight excluding hydrogens is 180 g/mol. The van der Waals surface area contributed by atoms with Gasteiger partial charge >= 0.3 is 5.97 Å². The van der Waals surface area contributed by atoms with E-state index in [1.54, 1.807) is 24.9 Å². The Kier molecular flexibility index (Phi) is 3.06. The minimum absolute atomic E-state index is 0.565. The van der Waals surface area contributed by atoms with Crippen molar-refractivity contribution in [2.24, 2.45) is 0 Å². The molecule has 0 amide bonds. The molecule has 0 aliphatic carbocycles. The lowest BCUT2D eigenvalue weighted by molar-refractivity contribution is -0.138. The molecule has 4 nitrogen and oxygen atoms in total. The number of carboxylic acid groups (broad SMARTS) is 1. The van der Waals surface area contributed by atoms with Gasteiger partial charge in [0.2, 0.25) is 0 Å². The monoisotopic (exact) mass is 194 g/mol. The van der Waals surface area contributed by atoms with Gasteiger partial charge in [0.15, 0.2) is 0 Å². The second-order valence-corrected chi connectivity index (χ2v) is 3.26. The van der Waals surface area contributed by atoms with Crippen molar-refractivity contribution in [2.45, 2.75) is 19.9 Å². The maximum atomic E-state index is 10.7. The molecule has 1 aromatic heterocycles. The van der Waals surface area contributed by atoms with Crippen LogP contribution in [0.1, 0.15) is 12.6 Å². The van der Waals surface area contributed by atoms with E-state index in [2.05, 4.69) is 4.98 Å². The van der Waals surface area contributed by atoms with Gasteiger partial charge in [-0.1, -0.05) is 6.07 Å². The highest BCUT2D eigenvalue weighted by molar-refractivity contribution is 5.76. The molecule has 0 saturated heterocycles. The Labute approximate surface area is 83.2 Å². The summed E-state index contributed by atoms with van der Waals surface area (Å²) in [4.78, 5) is 16.6. The van der Waals surface area contributed by atoms with Crippen LogP contribution in [0.25, 0.3) is 0 Å². The Morgan fingerprint density at radius 1 is 1.57 bits per heavy atom. The molecule has 14 heavy (non-hydrogen) atoms. The Morgan fingerprint density at radius 3 is 2.71 bits per heavy atom. The summed E-state index contributed by atoms with van der Waals surface area (Å²) in [6, 6.07) is 4.97. The van der Waals surface area contributed by atoms with Gasteiger partial charge in [-0.2, -0.15) is 0 Å². The molecule has 0 aliphatic heterocycles. The third-order valence-corrected chi connectivity index (χ3v) is 2.17. The summed E-state index contributed by atoms with van der Waals surface area (Å²) in [7, 11) is 1.72. The van der Waals surface area contributed by atoms with Crippen LogP contribution in [-0.2, 0) is 4.79 Å². The highest BCUT2D eigenvalue weighted by atomic mass is 16.4. The first kappa shape index (κ1) is 10.5. The lowest BCUT2D eigenvalue weighted by Crippen LogP contribution is -2.36. The van der Waals surface area contributed by atoms with Crippen LogP contribution in [0.3, 0.4) is 0 Å². The number of rotatable bonds is 3. The van der Waals surface area contributed by atoms with Crippen molar-refractivity contribution >= 4 is 11.8 Å². The van der Waals surface area contributed by atoms with Gasteiger partial charge < -0.3 is 10.0 Å². The quantitative estimate of drug-likeness (QED) is 0.788. The van der Waals surface area contributed by atoms with Crippen LogP contribution in [0.15, 0.2) is 18.2 Å². The first-order valence-electron chi connectivity index (χ1n) is 4.41. The maximum absolute atomic E-state index is 10.7. The number of hydrogen-bond acceptors (Lipinski definition) is 3. The number of anilines is 1. The number of carboxylic acids is 1. The minimum Gasteiger partial charge on any atom is -0.480 e. The predicted octanol–water partition coefficient (Wildman–Crippen LogP) is 1.30. The zero-order chi connectivity index (χ0) is 10.7. The molecule has 1 heterocycles. The number of aromatic nitrogens is 1. The third kappa shape index (κ3) is 2.22. The number of nitrogens with zero attached hydrogens (tertiary/aromatic N) is 2. The first-order chi connectivity index (χ1) is 6.52. The van der Waals surface area contributed by atoms with Crippen LogP contribution in [0.2, 0.25) is 0 Å². The highest BCUT2D eigenvalue weighted by Crippen LogP contribution is 2.12. The molecule has 0 bridgehead atoms. The van der Waals surface area contributed by atoms with E-state index in [1.165, 1.54) is 0 Å². The molecular formula is C10H14N2O2. The topological polar surface area (TPSA) is 53.4 Å². The number of hydrogen-bond donors (Lipinski definition) is 1. The Balaban J connectivity index is 2.89. The van der Waals surface area contributed by atoms with Gasteiger partial charge in [-0.15, -0.1) is 0 Å². The highest BCUT2D eigenvalue weighted by Gasteiger charge is 2.17. The molecule has 0 fully saturated rings. The van der Waals surface area contributed by atoms with Crippen molar-refractivity contribution in [3.8, 4) is 0 Å². The largest absolute Gasteiger partial charge is 0.480 e. The fourth-order valence-corrected chi connectivity index (χ4v) is 1.09. The second kappa shape index (κ2) is 4.09.